The monoisotopic (exact) mass is 346 g/mol. The molecule has 0 saturated carbocycles. The largest absolute Gasteiger partial charge is 0.418 e. The minimum atomic E-state index is -4.87. The summed E-state index contributed by atoms with van der Waals surface area (Å²) in [6.45, 7) is 0.0818. The Bertz CT molecular complexity index is 788. The van der Waals surface area contributed by atoms with E-state index < -0.39 is 28.5 Å². The third-order valence-electron chi connectivity index (χ3n) is 3.82. The van der Waals surface area contributed by atoms with E-state index in [0.717, 1.165) is 0 Å². The predicted molar refractivity (Wildman–Crippen MR) is 73.5 cm³/mol. The molecule has 23 heavy (non-hydrogen) atoms. The average Bonchev–Trinajstić information content (AvgIpc) is 2.97. The third-order valence-corrected chi connectivity index (χ3v) is 4.17. The van der Waals surface area contributed by atoms with Crippen LogP contribution in [0, 0.1) is 0 Å². The number of hydrogen-bond donors (Lipinski definition) is 3. The molecule has 1 saturated heterocycles. The van der Waals surface area contributed by atoms with Gasteiger partial charge in [0.2, 0.25) is 0 Å². The molecule has 126 valence electrons. The lowest BCUT2D eigenvalue weighted by atomic mass is 9.97. The summed E-state index contributed by atoms with van der Waals surface area (Å²) in [5.41, 5.74) is 3.00. The number of carbonyl (C=O) groups excluding carboxylic acids is 1. The molecule has 2 amide bonds. The summed E-state index contributed by atoms with van der Waals surface area (Å²) in [6, 6.07) is -2.35. The van der Waals surface area contributed by atoms with Crippen molar-refractivity contribution in [3.8, 4) is 0 Å². The normalized spacial score (nSPS) is 24.2. The number of aromatic nitrogens is 2. The van der Waals surface area contributed by atoms with Crippen LogP contribution in [0.15, 0.2) is 11.2 Å². The van der Waals surface area contributed by atoms with Crippen LogP contribution in [-0.2, 0) is 21.7 Å². The fourth-order valence-corrected chi connectivity index (χ4v) is 3.31. The van der Waals surface area contributed by atoms with E-state index in [0.29, 0.717) is 16.3 Å². The zero-order valence-electron chi connectivity index (χ0n) is 12.1. The number of amides is 2. The van der Waals surface area contributed by atoms with E-state index in [4.69, 9.17) is 4.55 Å². The summed E-state index contributed by atoms with van der Waals surface area (Å²) in [5, 5.41) is 13.9. The van der Waals surface area contributed by atoms with Gasteiger partial charge in [-0.15, -0.1) is 4.28 Å². The van der Waals surface area contributed by atoms with E-state index in [1.54, 1.807) is 7.05 Å². The lowest BCUT2D eigenvalue weighted by molar-refractivity contribution is -0.0316. The highest BCUT2D eigenvalue weighted by Gasteiger charge is 2.53. The van der Waals surface area contributed by atoms with Crippen molar-refractivity contribution >= 4 is 22.3 Å². The van der Waals surface area contributed by atoms with Crippen molar-refractivity contribution in [3.63, 3.8) is 0 Å². The molecule has 3 rings (SSSR count). The van der Waals surface area contributed by atoms with Crippen molar-refractivity contribution in [1.29, 1.82) is 0 Å². The number of amidine groups is 1. The number of fused-ring (bicyclic) bond motifs is 4. The fraction of sp³-hybridized carbons (Fsp3) is 0.500. The molecule has 3 N–H and O–H groups in total. The van der Waals surface area contributed by atoms with Gasteiger partial charge < -0.3 is 4.90 Å². The maximum absolute atomic E-state index is 12.4. The number of hydroxylamine groups is 3. The predicted octanol–water partition coefficient (Wildman–Crippen LogP) is -1.00. The van der Waals surface area contributed by atoms with Crippen LogP contribution in [0.25, 0.3) is 0 Å². The second-order valence-electron chi connectivity index (χ2n) is 5.01. The maximum Gasteiger partial charge on any atom is 0.418 e. The molecule has 1 aromatic heterocycles. The topological polar surface area (TPSA) is 150 Å². The molecule has 2 atom stereocenters. The number of nitrogens with one attached hydrogen (secondary N) is 1. The van der Waals surface area contributed by atoms with Gasteiger partial charge in [0.1, 0.15) is 17.9 Å². The van der Waals surface area contributed by atoms with Crippen molar-refractivity contribution in [2.75, 3.05) is 13.6 Å². The molecule has 0 aliphatic carbocycles. The standard InChI is InChI=1S/C10H14N6O6S/c1-11-9(13-18)8-7-5(3-12-14(7)2)6-4-15(8)10(17)16(6)22-23(19,20)21/h3,6,8,18H,4H2,1-2H3,(H,11,13)(H,19,20,21)/t6-,8-/m1/s1. The van der Waals surface area contributed by atoms with Crippen molar-refractivity contribution in [2.45, 2.75) is 12.1 Å². The SMILES string of the molecule is CN=C(NO)[C@H]1c2c(cnn2C)[C@H]2CN1C(=O)N2OS(=O)(=O)O. The molecule has 1 aromatic rings. The summed E-state index contributed by atoms with van der Waals surface area (Å²) in [7, 11) is -1.80. The van der Waals surface area contributed by atoms with Crippen molar-refractivity contribution in [3.05, 3.63) is 17.5 Å². The average molecular weight is 346 g/mol. The Labute approximate surface area is 130 Å². The van der Waals surface area contributed by atoms with E-state index in [1.165, 1.54) is 22.8 Å². The molecule has 13 heteroatoms. The fourth-order valence-electron chi connectivity index (χ4n) is 2.94. The van der Waals surface area contributed by atoms with E-state index in [-0.39, 0.29) is 12.4 Å². The number of rotatable bonds is 3. The molecule has 0 aromatic carbocycles. The Hall–Kier alpha value is -2.22. The molecule has 1 fully saturated rings. The second kappa shape index (κ2) is 5.16. The summed E-state index contributed by atoms with van der Waals surface area (Å²) in [4.78, 5) is 17.6. The van der Waals surface area contributed by atoms with Crippen LogP contribution in [-0.4, -0.2) is 63.4 Å². The summed E-state index contributed by atoms with van der Waals surface area (Å²) < 4.78 is 36.7. The molecule has 0 radical (unpaired) electrons. The molecule has 2 aliphatic heterocycles. The van der Waals surface area contributed by atoms with Gasteiger partial charge in [0.05, 0.1) is 18.4 Å². The van der Waals surface area contributed by atoms with Crippen LogP contribution in [0.3, 0.4) is 0 Å². The number of nitrogens with zero attached hydrogens (tertiary/aromatic N) is 5. The van der Waals surface area contributed by atoms with Gasteiger partial charge in [-0.1, -0.05) is 0 Å². The van der Waals surface area contributed by atoms with Crippen LogP contribution in [0.5, 0.6) is 0 Å². The van der Waals surface area contributed by atoms with Gasteiger partial charge in [0.25, 0.3) is 0 Å². The van der Waals surface area contributed by atoms with Crippen LogP contribution < -0.4 is 5.48 Å². The number of urea groups is 1. The maximum atomic E-state index is 12.4. The Balaban J connectivity index is 2.13. The van der Waals surface area contributed by atoms with Crippen LogP contribution in [0.2, 0.25) is 0 Å². The number of carbonyl (C=O) groups is 1. The molecule has 2 aliphatic rings. The first-order chi connectivity index (χ1) is 10.8. The van der Waals surface area contributed by atoms with Gasteiger partial charge in [-0.3, -0.25) is 24.9 Å². The number of hydrogen-bond acceptors (Lipinski definition) is 7. The summed E-state index contributed by atoms with van der Waals surface area (Å²) >= 11 is 0. The van der Waals surface area contributed by atoms with Crippen molar-refractivity contribution < 1.29 is 27.3 Å². The van der Waals surface area contributed by atoms with Crippen LogP contribution in [0.4, 0.5) is 4.79 Å². The van der Waals surface area contributed by atoms with Crippen molar-refractivity contribution in [1.82, 2.24) is 25.2 Å². The van der Waals surface area contributed by atoms with Crippen molar-refractivity contribution in [2.24, 2.45) is 12.0 Å². The zero-order valence-corrected chi connectivity index (χ0v) is 12.9. The van der Waals surface area contributed by atoms with E-state index in [2.05, 4.69) is 14.4 Å². The minimum absolute atomic E-state index is 0.0790. The molecule has 2 bridgehead atoms. The van der Waals surface area contributed by atoms with Gasteiger partial charge in [-0.25, -0.2) is 4.79 Å². The summed E-state index contributed by atoms with van der Waals surface area (Å²) in [5.74, 6) is 0.0790. The lowest BCUT2D eigenvalue weighted by Gasteiger charge is -2.31. The number of aryl methyl sites for hydroxylation is 1. The Morgan fingerprint density at radius 3 is 2.83 bits per heavy atom. The highest BCUT2D eigenvalue weighted by Crippen LogP contribution is 2.44. The first-order valence-electron chi connectivity index (χ1n) is 6.44. The minimum Gasteiger partial charge on any atom is -0.304 e. The van der Waals surface area contributed by atoms with E-state index in [9.17, 15) is 18.4 Å². The Morgan fingerprint density at radius 2 is 2.26 bits per heavy atom. The Kier molecular flexibility index (Phi) is 3.51. The number of aliphatic imine (C=N–C) groups is 1. The summed E-state index contributed by atoms with van der Waals surface area (Å²) in [6.07, 6.45) is 1.47. The van der Waals surface area contributed by atoms with Crippen LogP contribution in [0.1, 0.15) is 23.3 Å². The molecule has 12 nitrogen and oxygen atoms in total. The smallest absolute Gasteiger partial charge is 0.304 e. The van der Waals surface area contributed by atoms with E-state index >= 15 is 0 Å². The molecule has 3 heterocycles. The third kappa shape index (κ3) is 2.33. The molecule has 0 unspecified atom stereocenters. The molecule has 0 spiro atoms. The van der Waals surface area contributed by atoms with Gasteiger partial charge >= 0.3 is 16.4 Å². The lowest BCUT2D eigenvalue weighted by Crippen LogP contribution is -2.43. The highest BCUT2D eigenvalue weighted by molar-refractivity contribution is 7.80. The zero-order chi connectivity index (χ0) is 16.9. The van der Waals surface area contributed by atoms with Crippen LogP contribution >= 0.6 is 0 Å². The van der Waals surface area contributed by atoms with Gasteiger partial charge in [-0.05, 0) is 0 Å². The molecular weight excluding hydrogens is 332 g/mol. The first kappa shape index (κ1) is 15.7. The molecular formula is C10H14N6O6S. The van der Waals surface area contributed by atoms with Gasteiger partial charge in [0.15, 0.2) is 0 Å². The van der Waals surface area contributed by atoms with E-state index in [1.807, 2.05) is 5.48 Å². The van der Waals surface area contributed by atoms with Gasteiger partial charge in [0, 0.05) is 19.7 Å². The highest BCUT2D eigenvalue weighted by atomic mass is 32.3. The first-order valence-corrected chi connectivity index (χ1v) is 7.80. The second-order valence-corrected chi connectivity index (χ2v) is 6.02. The van der Waals surface area contributed by atoms with Gasteiger partial charge in [-0.2, -0.15) is 18.6 Å². The quantitative estimate of drug-likeness (QED) is 0.273. The Morgan fingerprint density at radius 1 is 1.57 bits per heavy atom.